The lowest BCUT2D eigenvalue weighted by molar-refractivity contribution is 0.480. The van der Waals surface area contributed by atoms with Crippen LogP contribution in [0.15, 0.2) is 77.9 Å². The lowest BCUT2D eigenvalue weighted by Crippen LogP contribution is -2.08. The van der Waals surface area contributed by atoms with Crippen molar-refractivity contribution in [3.63, 3.8) is 0 Å². The van der Waals surface area contributed by atoms with E-state index in [0.717, 1.165) is 27.5 Å². The number of allylic oxidation sites excluding steroid dienone is 4. The molecule has 0 spiro atoms. The molecule has 3 aromatic carbocycles. The largest absolute Gasteiger partial charge is 0.505 e. The molecule has 5 N–H and O–H groups in total. The van der Waals surface area contributed by atoms with E-state index in [-0.39, 0.29) is 17.2 Å². The predicted octanol–water partition coefficient (Wildman–Crippen LogP) is 5.82. The van der Waals surface area contributed by atoms with Crippen LogP contribution in [0.4, 0.5) is 5.69 Å². The highest BCUT2D eigenvalue weighted by Gasteiger charge is 2.11. The van der Waals surface area contributed by atoms with Gasteiger partial charge < -0.3 is 10.8 Å². The van der Waals surface area contributed by atoms with Gasteiger partial charge >= 0.3 is 0 Å². The van der Waals surface area contributed by atoms with Gasteiger partial charge in [-0.25, -0.2) is 0 Å². The Morgan fingerprint density at radius 2 is 1.61 bits per heavy atom. The highest BCUT2D eigenvalue weighted by atomic mass is 35.5. The first-order valence-corrected chi connectivity index (χ1v) is 9.04. The SMILES string of the molecule is Cc1cc(N)c(O)c(-c2cccc3ccccc23)c1.N=C1C=CC(Cl)=CC1=N. The number of aryl methyl sites for hydroxylation is 1. The van der Waals surface area contributed by atoms with Crippen molar-refractivity contribution in [2.24, 2.45) is 0 Å². The molecule has 0 atom stereocenters. The maximum Gasteiger partial charge on any atom is 0.146 e. The number of nitrogens with one attached hydrogen (secondary N) is 2. The van der Waals surface area contributed by atoms with Crippen LogP contribution in [0.1, 0.15) is 5.56 Å². The lowest BCUT2D eigenvalue weighted by Gasteiger charge is -2.11. The van der Waals surface area contributed by atoms with Gasteiger partial charge in [-0.2, -0.15) is 0 Å². The number of phenols is 1. The number of fused-ring (bicyclic) bond motifs is 1. The topological polar surface area (TPSA) is 93.9 Å². The summed E-state index contributed by atoms with van der Waals surface area (Å²) in [6.45, 7) is 1.98. The van der Waals surface area contributed by atoms with Gasteiger partial charge in [0.1, 0.15) is 5.75 Å². The Morgan fingerprint density at radius 3 is 2.32 bits per heavy atom. The molecule has 0 saturated heterocycles. The third kappa shape index (κ3) is 4.13. The molecule has 0 saturated carbocycles. The summed E-state index contributed by atoms with van der Waals surface area (Å²) in [6.07, 6.45) is 4.55. The average molecular weight is 390 g/mol. The molecule has 4 nitrogen and oxygen atoms in total. The molecule has 140 valence electrons. The third-order valence-electron chi connectivity index (χ3n) is 4.35. The number of hydrogen-bond acceptors (Lipinski definition) is 4. The summed E-state index contributed by atoms with van der Waals surface area (Å²) in [7, 11) is 0. The number of rotatable bonds is 1. The fourth-order valence-electron chi connectivity index (χ4n) is 2.99. The van der Waals surface area contributed by atoms with Gasteiger partial charge in [-0.1, -0.05) is 54.1 Å². The molecule has 0 radical (unpaired) electrons. The summed E-state index contributed by atoms with van der Waals surface area (Å²) < 4.78 is 0. The Balaban J connectivity index is 0.000000211. The first-order chi connectivity index (χ1) is 13.4. The second-order valence-electron chi connectivity index (χ2n) is 6.47. The number of hydrogen-bond donors (Lipinski definition) is 4. The van der Waals surface area contributed by atoms with Gasteiger partial charge in [0.2, 0.25) is 0 Å². The van der Waals surface area contributed by atoms with Crippen LogP contribution in [0.2, 0.25) is 0 Å². The number of benzene rings is 3. The molecule has 1 aliphatic carbocycles. The van der Waals surface area contributed by atoms with Crippen LogP contribution in [0.5, 0.6) is 5.75 Å². The predicted molar refractivity (Wildman–Crippen MR) is 119 cm³/mol. The Bertz CT molecular complexity index is 1140. The van der Waals surface area contributed by atoms with Gasteiger partial charge in [-0.3, -0.25) is 10.8 Å². The first kappa shape index (κ1) is 19.4. The van der Waals surface area contributed by atoms with Crippen molar-refractivity contribution in [3.05, 3.63) is 83.4 Å². The van der Waals surface area contributed by atoms with E-state index in [1.54, 1.807) is 12.1 Å². The molecule has 0 fully saturated rings. The molecule has 0 unspecified atom stereocenters. The van der Waals surface area contributed by atoms with Crippen molar-refractivity contribution in [2.75, 3.05) is 5.73 Å². The highest BCUT2D eigenvalue weighted by molar-refractivity contribution is 6.51. The molecule has 0 heterocycles. The Labute approximate surface area is 168 Å². The summed E-state index contributed by atoms with van der Waals surface area (Å²) in [4.78, 5) is 0. The van der Waals surface area contributed by atoms with E-state index in [9.17, 15) is 5.11 Å². The standard InChI is InChI=1S/C17H15NO.C6H5ClN2/c1-11-9-15(17(19)16(18)10-11)14-8-4-6-12-5-2-3-7-13(12)14;7-4-1-2-5(8)6(9)3-4/h2-10,19H,18H2,1H3;1-3,8-9H. The van der Waals surface area contributed by atoms with Crippen molar-refractivity contribution in [2.45, 2.75) is 6.92 Å². The summed E-state index contributed by atoms with van der Waals surface area (Å²) in [5.41, 5.74) is 9.48. The first-order valence-electron chi connectivity index (χ1n) is 8.67. The highest BCUT2D eigenvalue weighted by Crippen LogP contribution is 2.38. The van der Waals surface area contributed by atoms with Crippen molar-refractivity contribution >= 4 is 39.5 Å². The fraction of sp³-hybridized carbons (Fsp3) is 0.0435. The molecular weight excluding hydrogens is 370 g/mol. The van der Waals surface area contributed by atoms with Crippen LogP contribution >= 0.6 is 11.6 Å². The van der Waals surface area contributed by atoms with E-state index in [2.05, 4.69) is 18.2 Å². The van der Waals surface area contributed by atoms with Gasteiger partial charge in [0.15, 0.2) is 0 Å². The van der Waals surface area contributed by atoms with Gasteiger partial charge in [-0.05, 0) is 59.2 Å². The second-order valence-corrected chi connectivity index (χ2v) is 6.90. The lowest BCUT2D eigenvalue weighted by atomic mass is 9.96. The molecule has 5 heteroatoms. The average Bonchev–Trinajstić information content (AvgIpc) is 2.68. The zero-order valence-electron chi connectivity index (χ0n) is 15.3. The Hall–Kier alpha value is -3.37. The third-order valence-corrected chi connectivity index (χ3v) is 4.58. The maximum atomic E-state index is 10.2. The van der Waals surface area contributed by atoms with Crippen molar-refractivity contribution < 1.29 is 5.11 Å². The van der Waals surface area contributed by atoms with Crippen molar-refractivity contribution in [1.29, 1.82) is 10.8 Å². The van der Waals surface area contributed by atoms with E-state index in [1.165, 1.54) is 12.2 Å². The summed E-state index contributed by atoms with van der Waals surface area (Å²) in [5, 5.41) is 27.1. The molecule has 3 aromatic rings. The normalized spacial score (nSPS) is 13.1. The van der Waals surface area contributed by atoms with Gasteiger partial charge in [0.25, 0.3) is 0 Å². The quantitative estimate of drug-likeness (QED) is 0.240. The summed E-state index contributed by atoms with van der Waals surface area (Å²) in [6, 6.07) is 18.0. The summed E-state index contributed by atoms with van der Waals surface area (Å²) in [5.74, 6) is 0.155. The van der Waals surface area contributed by atoms with Crippen LogP contribution in [0.3, 0.4) is 0 Å². The minimum Gasteiger partial charge on any atom is -0.505 e. The smallest absolute Gasteiger partial charge is 0.146 e. The van der Waals surface area contributed by atoms with Crippen molar-refractivity contribution in [3.8, 4) is 16.9 Å². The van der Waals surface area contributed by atoms with E-state index in [0.29, 0.717) is 10.7 Å². The number of anilines is 1. The van der Waals surface area contributed by atoms with Gasteiger partial charge in [-0.15, -0.1) is 0 Å². The number of phenolic OH excluding ortho intramolecular Hbond substituents is 1. The van der Waals surface area contributed by atoms with E-state index >= 15 is 0 Å². The number of nitrogen functional groups attached to an aromatic ring is 1. The minimum absolute atomic E-state index is 0.155. The minimum atomic E-state index is 0.155. The van der Waals surface area contributed by atoms with Crippen molar-refractivity contribution in [1.82, 2.24) is 0 Å². The van der Waals surface area contributed by atoms with E-state index < -0.39 is 0 Å². The second kappa shape index (κ2) is 8.11. The van der Waals surface area contributed by atoms with Crippen LogP contribution in [0, 0.1) is 17.7 Å². The van der Waals surface area contributed by atoms with Crippen LogP contribution in [-0.4, -0.2) is 16.5 Å². The van der Waals surface area contributed by atoms with Gasteiger partial charge in [0.05, 0.1) is 17.1 Å². The summed E-state index contributed by atoms with van der Waals surface area (Å²) >= 11 is 5.51. The molecule has 1 aliphatic rings. The van der Waals surface area contributed by atoms with E-state index in [1.807, 2.05) is 37.3 Å². The van der Waals surface area contributed by atoms with E-state index in [4.69, 9.17) is 28.2 Å². The monoisotopic (exact) mass is 389 g/mol. The number of nitrogens with two attached hydrogens (primary N) is 1. The molecule has 0 bridgehead atoms. The molecule has 0 aliphatic heterocycles. The van der Waals surface area contributed by atoms with Crippen LogP contribution < -0.4 is 5.73 Å². The number of aromatic hydroxyl groups is 1. The Morgan fingerprint density at radius 1 is 0.893 bits per heavy atom. The molecule has 28 heavy (non-hydrogen) atoms. The molecule has 4 rings (SSSR count). The zero-order valence-corrected chi connectivity index (χ0v) is 16.1. The molecule has 0 amide bonds. The van der Waals surface area contributed by atoms with Crippen LogP contribution in [0.25, 0.3) is 21.9 Å². The molecular formula is C23H20ClN3O. The molecule has 0 aromatic heterocycles. The Kier molecular flexibility index (Phi) is 5.62. The van der Waals surface area contributed by atoms with Gasteiger partial charge in [0, 0.05) is 10.6 Å². The fourth-order valence-corrected chi connectivity index (χ4v) is 3.16. The maximum absolute atomic E-state index is 10.2. The zero-order chi connectivity index (χ0) is 20.3. The van der Waals surface area contributed by atoms with Crippen LogP contribution in [-0.2, 0) is 0 Å². The number of halogens is 1.